The molecule has 0 amide bonds. The quantitative estimate of drug-likeness (QED) is 0.0198. The lowest BCUT2D eigenvalue weighted by molar-refractivity contribution is -0.297. The molecular weight excluding hydrogens is 813 g/mol. The normalized spacial score (nSPS) is 20.4. The fourth-order valence-electron chi connectivity index (χ4n) is 6.90. The van der Waals surface area contributed by atoms with Gasteiger partial charge in [-0.05, 0) is 77.0 Å². The molecule has 0 bridgehead atoms. The van der Waals surface area contributed by atoms with E-state index in [1.807, 2.05) is 0 Å². The second kappa shape index (κ2) is 38.8. The molecule has 1 rings (SSSR count). The van der Waals surface area contributed by atoms with E-state index in [0.29, 0.717) is 12.8 Å². The summed E-state index contributed by atoms with van der Waals surface area (Å²) in [7, 11) is -4.61. The molecule has 0 aromatic rings. The number of aliphatic hydroxyl groups excluding tert-OH is 3. The van der Waals surface area contributed by atoms with Crippen LogP contribution in [-0.2, 0) is 38.7 Å². The van der Waals surface area contributed by atoms with Crippen LogP contribution >= 0.6 is 0 Å². The predicted octanol–water partition coefficient (Wildman–Crippen LogP) is 10.1. The van der Waals surface area contributed by atoms with Gasteiger partial charge in [-0.3, -0.25) is 14.1 Å². The van der Waals surface area contributed by atoms with Crippen molar-refractivity contribution in [2.24, 2.45) is 0 Å². The Morgan fingerprint density at radius 1 is 0.565 bits per heavy atom. The SMILES string of the molecule is CC/C=C\C/C=C\C/C=C\C/C=C\CCCCCCC(=O)OC(COC(=O)CCCCCCCCC/C=C\CCCCCCCC)COC1OC(CS(=O)(=O)O)C(O)C(O)C1O. The van der Waals surface area contributed by atoms with E-state index in [-0.39, 0.29) is 19.4 Å². The topological polar surface area (TPSA) is 186 Å². The van der Waals surface area contributed by atoms with Crippen molar-refractivity contribution in [2.75, 3.05) is 19.0 Å². The first-order valence-corrected chi connectivity index (χ1v) is 25.5. The van der Waals surface area contributed by atoms with Gasteiger partial charge in [0.15, 0.2) is 12.4 Å². The van der Waals surface area contributed by atoms with E-state index in [1.165, 1.54) is 64.2 Å². The van der Waals surface area contributed by atoms with Crippen molar-refractivity contribution in [3.05, 3.63) is 60.8 Å². The van der Waals surface area contributed by atoms with Gasteiger partial charge in [-0.25, -0.2) is 0 Å². The molecule has 358 valence electrons. The van der Waals surface area contributed by atoms with Gasteiger partial charge in [0.05, 0.1) is 6.61 Å². The van der Waals surface area contributed by atoms with Crippen LogP contribution in [0, 0.1) is 0 Å². The van der Waals surface area contributed by atoms with Gasteiger partial charge in [-0.15, -0.1) is 0 Å². The third-order valence-corrected chi connectivity index (χ3v) is 11.3. The summed E-state index contributed by atoms with van der Waals surface area (Å²) >= 11 is 0. The van der Waals surface area contributed by atoms with Gasteiger partial charge in [0, 0.05) is 12.8 Å². The molecule has 0 aromatic heterocycles. The van der Waals surface area contributed by atoms with Gasteiger partial charge in [0.1, 0.15) is 36.8 Å². The van der Waals surface area contributed by atoms with Gasteiger partial charge in [-0.1, -0.05) is 152 Å². The molecule has 1 aliphatic heterocycles. The van der Waals surface area contributed by atoms with Crippen molar-refractivity contribution in [1.29, 1.82) is 0 Å². The Balaban J connectivity index is 2.44. The zero-order chi connectivity index (χ0) is 45.5. The van der Waals surface area contributed by atoms with Gasteiger partial charge in [0.2, 0.25) is 0 Å². The van der Waals surface area contributed by atoms with Crippen molar-refractivity contribution < 1.29 is 56.8 Å². The Morgan fingerprint density at radius 3 is 1.53 bits per heavy atom. The second-order valence-corrected chi connectivity index (χ2v) is 17.9. The van der Waals surface area contributed by atoms with Crippen LogP contribution in [0.4, 0.5) is 0 Å². The number of carbonyl (C=O) groups excluding carboxylic acids is 2. The summed E-state index contributed by atoms with van der Waals surface area (Å²) in [5, 5.41) is 30.9. The smallest absolute Gasteiger partial charge is 0.306 e. The largest absolute Gasteiger partial charge is 0.462 e. The molecule has 1 fully saturated rings. The summed E-state index contributed by atoms with van der Waals surface area (Å²) in [5.74, 6) is -2.02. The molecule has 0 saturated carbocycles. The second-order valence-electron chi connectivity index (χ2n) is 16.4. The number of esters is 2. The van der Waals surface area contributed by atoms with Crippen molar-refractivity contribution in [1.82, 2.24) is 0 Å². The third-order valence-electron chi connectivity index (χ3n) is 10.6. The number of unbranched alkanes of at least 4 members (excludes halogenated alkanes) is 17. The van der Waals surface area contributed by atoms with Gasteiger partial charge < -0.3 is 34.3 Å². The summed E-state index contributed by atoms with van der Waals surface area (Å²) in [5.41, 5.74) is 0. The lowest BCUT2D eigenvalue weighted by Gasteiger charge is -2.40. The summed E-state index contributed by atoms with van der Waals surface area (Å²) < 4.78 is 54.1. The molecule has 0 aromatic carbocycles. The fourth-order valence-corrected chi connectivity index (χ4v) is 7.59. The maximum Gasteiger partial charge on any atom is 0.306 e. The highest BCUT2D eigenvalue weighted by Crippen LogP contribution is 2.24. The zero-order valence-electron chi connectivity index (χ0n) is 38.2. The van der Waals surface area contributed by atoms with Crippen LogP contribution in [0.15, 0.2) is 60.8 Å². The summed E-state index contributed by atoms with van der Waals surface area (Å²) in [6.07, 6.45) is 38.3. The average molecular weight is 897 g/mol. The molecular formula is C49H84O12S. The van der Waals surface area contributed by atoms with Crippen molar-refractivity contribution in [3.63, 3.8) is 0 Å². The summed E-state index contributed by atoms with van der Waals surface area (Å²) in [6, 6.07) is 0. The maximum absolute atomic E-state index is 12.8. The Bertz CT molecular complexity index is 1370. The van der Waals surface area contributed by atoms with E-state index in [2.05, 4.69) is 74.6 Å². The molecule has 0 aliphatic carbocycles. The van der Waals surface area contributed by atoms with Crippen molar-refractivity contribution >= 4 is 22.1 Å². The maximum atomic E-state index is 12.8. The minimum atomic E-state index is -4.61. The average Bonchev–Trinajstić information content (AvgIpc) is 3.24. The summed E-state index contributed by atoms with van der Waals surface area (Å²) in [6.45, 7) is 3.62. The van der Waals surface area contributed by atoms with Crippen molar-refractivity contribution in [3.8, 4) is 0 Å². The Hall–Kier alpha value is -2.65. The minimum Gasteiger partial charge on any atom is -0.462 e. The first-order chi connectivity index (χ1) is 30.0. The standard InChI is InChI=1S/C49H84O12S/c1-3-5-7-9-11-13-15-17-19-21-23-25-27-29-31-33-35-37-44(50)58-39-42(40-59-49-48(54)47(53)46(52)43(61-49)41-62(55,56)57)60-45(51)38-36-34-32-30-28-26-24-22-20-18-16-14-12-10-8-6-4-2/h6,8,12,14,17-20,24,26,42-43,46-49,52-54H,3-5,7,9-11,13,15-16,21-23,25,27-41H2,1-2H3,(H,55,56,57)/b8-6-,14-12-,19-17-,20-18-,26-24-. The number of hydrogen-bond donors (Lipinski definition) is 4. The number of ether oxygens (including phenoxy) is 4. The van der Waals surface area contributed by atoms with E-state index < -0.39 is 71.2 Å². The number of allylic oxidation sites excluding steroid dienone is 10. The van der Waals surface area contributed by atoms with E-state index in [0.717, 1.165) is 77.0 Å². The molecule has 4 N–H and O–H groups in total. The van der Waals surface area contributed by atoms with E-state index in [9.17, 15) is 37.9 Å². The van der Waals surface area contributed by atoms with Gasteiger partial charge >= 0.3 is 11.9 Å². The zero-order valence-corrected chi connectivity index (χ0v) is 39.0. The number of hydrogen-bond acceptors (Lipinski definition) is 11. The lowest BCUT2D eigenvalue weighted by Crippen LogP contribution is -2.60. The summed E-state index contributed by atoms with van der Waals surface area (Å²) in [4.78, 5) is 25.5. The van der Waals surface area contributed by atoms with Crippen LogP contribution in [0.1, 0.15) is 181 Å². The number of carbonyl (C=O) groups is 2. The van der Waals surface area contributed by atoms with Crippen LogP contribution in [0.2, 0.25) is 0 Å². The molecule has 12 nitrogen and oxygen atoms in total. The lowest BCUT2D eigenvalue weighted by atomic mass is 10.00. The molecule has 1 saturated heterocycles. The Labute approximate surface area is 375 Å². The van der Waals surface area contributed by atoms with E-state index >= 15 is 0 Å². The van der Waals surface area contributed by atoms with E-state index in [1.54, 1.807) is 0 Å². The van der Waals surface area contributed by atoms with Gasteiger partial charge in [-0.2, -0.15) is 8.42 Å². The van der Waals surface area contributed by atoms with Crippen LogP contribution in [0.3, 0.4) is 0 Å². The number of aliphatic hydroxyl groups is 3. The molecule has 0 radical (unpaired) electrons. The monoisotopic (exact) mass is 897 g/mol. The molecule has 1 heterocycles. The molecule has 0 spiro atoms. The highest BCUT2D eigenvalue weighted by atomic mass is 32.2. The third kappa shape index (κ3) is 32.9. The van der Waals surface area contributed by atoms with Gasteiger partial charge in [0.25, 0.3) is 10.1 Å². The van der Waals surface area contributed by atoms with Crippen LogP contribution in [0.5, 0.6) is 0 Å². The van der Waals surface area contributed by atoms with Crippen LogP contribution < -0.4 is 0 Å². The number of rotatable bonds is 39. The minimum absolute atomic E-state index is 0.133. The Kier molecular flexibility index (Phi) is 35.9. The fraction of sp³-hybridized carbons (Fsp3) is 0.755. The molecule has 13 heteroatoms. The Morgan fingerprint density at radius 2 is 1.02 bits per heavy atom. The first kappa shape index (κ1) is 57.4. The first-order valence-electron chi connectivity index (χ1n) is 23.8. The van der Waals surface area contributed by atoms with Crippen LogP contribution in [-0.4, -0.2) is 96.0 Å². The van der Waals surface area contributed by atoms with Crippen molar-refractivity contribution in [2.45, 2.75) is 218 Å². The highest BCUT2D eigenvalue weighted by molar-refractivity contribution is 7.85. The predicted molar refractivity (Wildman–Crippen MR) is 247 cm³/mol. The molecule has 62 heavy (non-hydrogen) atoms. The molecule has 6 unspecified atom stereocenters. The van der Waals surface area contributed by atoms with Crippen LogP contribution in [0.25, 0.3) is 0 Å². The molecule has 1 aliphatic rings. The van der Waals surface area contributed by atoms with E-state index in [4.69, 9.17) is 18.9 Å². The molecule has 6 atom stereocenters. The highest BCUT2D eigenvalue weighted by Gasteiger charge is 2.46.